The normalized spacial score (nSPS) is 14.6. The molecular weight excluding hydrogens is 511 g/mol. The maximum atomic E-state index is 13.1. The van der Waals surface area contributed by atoms with Crippen molar-refractivity contribution < 1.29 is 22.5 Å². The van der Waals surface area contributed by atoms with Gasteiger partial charge in [-0.2, -0.15) is 23.3 Å². The minimum atomic E-state index is -4.72. The molecule has 0 aromatic carbocycles. The van der Waals surface area contributed by atoms with Crippen LogP contribution in [0.2, 0.25) is 0 Å². The van der Waals surface area contributed by atoms with Gasteiger partial charge in [0.25, 0.3) is 5.91 Å². The first-order valence-electron chi connectivity index (χ1n) is 11.1. The van der Waals surface area contributed by atoms with Gasteiger partial charge in [-0.3, -0.25) is 9.78 Å². The van der Waals surface area contributed by atoms with E-state index in [1.54, 1.807) is 34.2 Å². The van der Waals surface area contributed by atoms with E-state index >= 15 is 0 Å². The number of hydrogen-bond donors (Lipinski definition) is 0. The number of alkyl halides is 3. The fraction of sp³-hybridized carbons (Fsp3) is 0.318. The van der Waals surface area contributed by atoms with Crippen molar-refractivity contribution in [1.29, 1.82) is 0 Å². The molecule has 0 bridgehead atoms. The van der Waals surface area contributed by atoms with Gasteiger partial charge in [0.15, 0.2) is 11.6 Å². The summed E-state index contributed by atoms with van der Waals surface area (Å²) in [5, 5.41) is 11.7. The fourth-order valence-electron chi connectivity index (χ4n) is 3.68. The number of piperazine rings is 1. The van der Waals surface area contributed by atoms with E-state index in [0.717, 1.165) is 18.0 Å². The summed E-state index contributed by atoms with van der Waals surface area (Å²) in [6, 6.07) is 4.99. The summed E-state index contributed by atoms with van der Waals surface area (Å²) in [6.45, 7) is 3.03. The number of nitrogens with zero attached hydrogens (tertiary/aromatic N) is 9. The van der Waals surface area contributed by atoms with E-state index in [1.165, 1.54) is 29.9 Å². The van der Waals surface area contributed by atoms with Crippen LogP contribution in [-0.4, -0.2) is 79.2 Å². The standard InChI is InChI=1S/C22H20F3N9O2S/c1-32-6-8-33(9-7-32)20(35)14-10-17(30-28-11-14)34(18-12-26-4-5-27-18)13-15-2-3-16(37-15)19-29-21(36-31-19)22(23,24)25/h2-5,10-12H,6-9,13H2,1H3. The maximum Gasteiger partial charge on any atom is 0.471 e. The number of likely N-dealkylation sites (N-methyl/N-ethyl adjacent to an activating group) is 1. The Morgan fingerprint density at radius 1 is 1.14 bits per heavy atom. The Kier molecular flexibility index (Phi) is 6.80. The smallest absolute Gasteiger partial charge is 0.336 e. The summed E-state index contributed by atoms with van der Waals surface area (Å²) in [5.74, 6) is -0.881. The molecule has 0 N–H and O–H groups in total. The van der Waals surface area contributed by atoms with E-state index in [9.17, 15) is 18.0 Å². The predicted octanol–water partition coefficient (Wildman–Crippen LogP) is 3.12. The summed E-state index contributed by atoms with van der Waals surface area (Å²) < 4.78 is 42.9. The molecule has 1 aliphatic heterocycles. The van der Waals surface area contributed by atoms with Crippen LogP contribution in [0.15, 0.2) is 47.5 Å². The highest BCUT2D eigenvalue weighted by molar-refractivity contribution is 7.15. The Morgan fingerprint density at radius 3 is 2.65 bits per heavy atom. The Hall–Kier alpha value is -3.98. The zero-order chi connectivity index (χ0) is 26.0. The van der Waals surface area contributed by atoms with Gasteiger partial charge >= 0.3 is 12.1 Å². The molecule has 1 aliphatic rings. The van der Waals surface area contributed by atoms with Crippen LogP contribution in [0.5, 0.6) is 0 Å². The molecule has 15 heteroatoms. The van der Waals surface area contributed by atoms with E-state index in [0.29, 0.717) is 35.2 Å². The molecular formula is C22H20F3N9O2S. The van der Waals surface area contributed by atoms with Crippen LogP contribution >= 0.6 is 11.3 Å². The lowest BCUT2D eigenvalue weighted by Crippen LogP contribution is -2.47. The van der Waals surface area contributed by atoms with E-state index in [4.69, 9.17) is 0 Å². The van der Waals surface area contributed by atoms with Crippen molar-refractivity contribution in [1.82, 2.24) is 40.1 Å². The second-order valence-corrected chi connectivity index (χ2v) is 9.40. The first-order chi connectivity index (χ1) is 17.8. The first-order valence-corrected chi connectivity index (χ1v) is 11.9. The average Bonchev–Trinajstić information content (AvgIpc) is 3.58. The predicted molar refractivity (Wildman–Crippen MR) is 126 cm³/mol. The van der Waals surface area contributed by atoms with Crippen LogP contribution in [0.4, 0.5) is 24.8 Å². The van der Waals surface area contributed by atoms with Crippen molar-refractivity contribution in [2.24, 2.45) is 0 Å². The van der Waals surface area contributed by atoms with Gasteiger partial charge in [0, 0.05) is 43.4 Å². The summed E-state index contributed by atoms with van der Waals surface area (Å²) in [7, 11) is 2.01. The monoisotopic (exact) mass is 531 g/mol. The van der Waals surface area contributed by atoms with Crippen LogP contribution in [-0.2, 0) is 12.7 Å². The third-order valence-electron chi connectivity index (χ3n) is 5.65. The SMILES string of the molecule is CN1CCN(C(=O)c2cnnc(N(Cc3ccc(-c4noc(C(F)(F)F)n4)s3)c3cnccn3)c2)CC1. The van der Waals surface area contributed by atoms with Gasteiger partial charge in [-0.1, -0.05) is 5.16 Å². The molecule has 4 aromatic heterocycles. The number of anilines is 2. The van der Waals surface area contributed by atoms with Crippen molar-refractivity contribution >= 4 is 28.9 Å². The molecule has 0 aliphatic carbocycles. The van der Waals surface area contributed by atoms with Crippen LogP contribution in [0.25, 0.3) is 10.7 Å². The Labute approximate surface area is 212 Å². The molecule has 5 heterocycles. The van der Waals surface area contributed by atoms with Gasteiger partial charge in [-0.05, 0) is 25.2 Å². The lowest BCUT2D eigenvalue weighted by molar-refractivity contribution is -0.159. The number of carbonyl (C=O) groups excluding carboxylic acids is 1. The van der Waals surface area contributed by atoms with Crippen molar-refractivity contribution in [3.05, 3.63) is 59.3 Å². The van der Waals surface area contributed by atoms with Crippen molar-refractivity contribution in [2.45, 2.75) is 12.7 Å². The third kappa shape index (κ3) is 5.56. The number of amides is 1. The molecule has 0 spiro atoms. The van der Waals surface area contributed by atoms with Gasteiger partial charge < -0.3 is 19.2 Å². The van der Waals surface area contributed by atoms with Gasteiger partial charge in [-0.15, -0.1) is 16.4 Å². The molecule has 1 fully saturated rings. The fourth-order valence-corrected chi connectivity index (χ4v) is 4.61. The highest BCUT2D eigenvalue weighted by atomic mass is 32.1. The number of carbonyl (C=O) groups is 1. The van der Waals surface area contributed by atoms with Crippen LogP contribution in [0.3, 0.4) is 0 Å². The summed E-state index contributed by atoms with van der Waals surface area (Å²) in [6.07, 6.45) is 1.29. The van der Waals surface area contributed by atoms with Gasteiger partial charge in [0.2, 0.25) is 5.82 Å². The minimum Gasteiger partial charge on any atom is -0.336 e. The molecule has 4 aromatic rings. The van der Waals surface area contributed by atoms with Crippen LogP contribution in [0.1, 0.15) is 21.1 Å². The Bertz CT molecular complexity index is 1370. The van der Waals surface area contributed by atoms with Crippen molar-refractivity contribution in [2.75, 3.05) is 38.1 Å². The van der Waals surface area contributed by atoms with Crippen LogP contribution in [0, 0.1) is 0 Å². The highest BCUT2D eigenvalue weighted by Gasteiger charge is 2.38. The quantitative estimate of drug-likeness (QED) is 0.367. The number of aromatic nitrogens is 6. The lowest BCUT2D eigenvalue weighted by atomic mass is 10.2. The Balaban J connectivity index is 1.41. The molecule has 0 saturated carbocycles. The molecule has 0 unspecified atom stereocenters. The highest BCUT2D eigenvalue weighted by Crippen LogP contribution is 2.33. The molecule has 0 radical (unpaired) electrons. The Morgan fingerprint density at radius 2 is 1.95 bits per heavy atom. The van der Waals surface area contributed by atoms with Gasteiger partial charge in [0.1, 0.15) is 0 Å². The minimum absolute atomic E-state index is 0.140. The topological polar surface area (TPSA) is 117 Å². The molecule has 11 nitrogen and oxygen atoms in total. The second kappa shape index (κ2) is 10.2. The maximum absolute atomic E-state index is 13.1. The number of halogens is 3. The number of hydrogen-bond acceptors (Lipinski definition) is 11. The van der Waals surface area contributed by atoms with Gasteiger partial charge in [0.05, 0.1) is 29.4 Å². The number of thiophene rings is 1. The largest absolute Gasteiger partial charge is 0.471 e. The molecule has 1 saturated heterocycles. The molecule has 192 valence electrons. The second-order valence-electron chi connectivity index (χ2n) is 8.23. The number of rotatable bonds is 6. The third-order valence-corrected chi connectivity index (χ3v) is 6.71. The molecule has 5 rings (SSSR count). The molecule has 1 amide bonds. The van der Waals surface area contributed by atoms with E-state index < -0.39 is 12.1 Å². The summed E-state index contributed by atoms with van der Waals surface area (Å²) in [4.78, 5) is 31.8. The summed E-state index contributed by atoms with van der Waals surface area (Å²) >= 11 is 1.19. The first kappa shape index (κ1) is 24.7. The average molecular weight is 532 g/mol. The van der Waals surface area contributed by atoms with Crippen molar-refractivity contribution in [3.8, 4) is 10.7 Å². The van der Waals surface area contributed by atoms with Gasteiger partial charge in [-0.25, -0.2) is 4.98 Å². The molecule has 37 heavy (non-hydrogen) atoms. The van der Waals surface area contributed by atoms with E-state index in [2.05, 4.69) is 39.7 Å². The van der Waals surface area contributed by atoms with Crippen LogP contribution < -0.4 is 4.90 Å². The van der Waals surface area contributed by atoms with E-state index in [-0.39, 0.29) is 18.3 Å². The molecule has 0 atom stereocenters. The van der Waals surface area contributed by atoms with Crippen molar-refractivity contribution in [3.63, 3.8) is 0 Å². The zero-order valence-corrected chi connectivity index (χ0v) is 20.3. The van der Waals surface area contributed by atoms with E-state index in [1.807, 2.05) is 7.05 Å². The lowest BCUT2D eigenvalue weighted by Gasteiger charge is -2.32. The summed E-state index contributed by atoms with van der Waals surface area (Å²) in [5.41, 5.74) is 0.391. The zero-order valence-electron chi connectivity index (χ0n) is 19.5.